The Hall–Kier alpha value is -1.40. The highest BCUT2D eigenvalue weighted by Gasteiger charge is 1.77. The highest BCUT2D eigenvalue weighted by Crippen LogP contribution is 1.92. The van der Waals surface area contributed by atoms with E-state index < -0.39 is 0 Å². The van der Waals surface area contributed by atoms with Crippen LogP contribution >= 0.6 is 24.4 Å². The Morgan fingerprint density at radius 2 is 1.32 bits per heavy atom. The van der Waals surface area contributed by atoms with Crippen molar-refractivity contribution >= 4 is 34.8 Å². The summed E-state index contributed by atoms with van der Waals surface area (Å²) >= 11 is 8.48. The first kappa shape index (κ1) is 19.9. The maximum Gasteiger partial charge on any atom is 0.254 e. The van der Waals surface area contributed by atoms with Gasteiger partial charge in [-0.1, -0.05) is 35.9 Å². The minimum atomic E-state index is -0.127. The van der Waals surface area contributed by atoms with Gasteiger partial charge in [-0.25, -0.2) is 0 Å². The Labute approximate surface area is 125 Å². The topological polar surface area (TPSA) is 64.5 Å². The summed E-state index contributed by atoms with van der Waals surface area (Å²) in [6.07, 6.45) is 0. The summed E-state index contributed by atoms with van der Waals surface area (Å²) in [5.41, 5.74) is 1.32. The summed E-state index contributed by atoms with van der Waals surface area (Å²) in [6, 6.07) is 10.3. The van der Waals surface area contributed by atoms with Crippen molar-refractivity contribution in [2.24, 2.45) is 0 Å². The van der Waals surface area contributed by atoms with E-state index in [2.05, 4.69) is 54.1 Å². The van der Waals surface area contributed by atoms with Gasteiger partial charge in [-0.15, -0.1) is 0 Å². The molecule has 0 spiro atoms. The zero-order valence-electron chi connectivity index (χ0n) is 11.5. The van der Waals surface area contributed by atoms with Crippen molar-refractivity contribution in [3.63, 3.8) is 0 Å². The molecule has 0 amide bonds. The van der Waals surface area contributed by atoms with Crippen LogP contribution in [0.15, 0.2) is 30.3 Å². The minimum absolute atomic E-state index is 0.127. The molecule has 0 saturated carbocycles. The molecule has 0 unspecified atom stereocenters. The molecule has 0 fully saturated rings. The molecule has 0 radical (unpaired) electrons. The summed E-state index contributed by atoms with van der Waals surface area (Å²) < 4.78 is 0. The largest absolute Gasteiger partial charge is 0.487 e. The lowest BCUT2D eigenvalue weighted by molar-refractivity contribution is 0.534. The van der Waals surface area contributed by atoms with Crippen molar-refractivity contribution in [1.29, 1.82) is 0 Å². The van der Waals surface area contributed by atoms with Gasteiger partial charge >= 0.3 is 0 Å². The van der Waals surface area contributed by atoms with Crippen LogP contribution in [0, 0.1) is 6.92 Å². The standard InChI is InChI=1S/C7H8.2C3H7NOS/c1-7-5-3-2-4-6-7;2*1-2-4-3(5)6/h2-6H,1H3;2*2H2,1H3,(H2,4,5,6). The smallest absolute Gasteiger partial charge is 0.254 e. The second kappa shape index (κ2) is 14.7. The molecule has 0 aliphatic heterocycles. The van der Waals surface area contributed by atoms with E-state index in [0.29, 0.717) is 13.1 Å². The van der Waals surface area contributed by atoms with E-state index in [4.69, 9.17) is 10.2 Å². The molecule has 1 aromatic rings. The maximum absolute atomic E-state index is 8.17. The Kier molecular flexibility index (Phi) is 15.4. The highest BCUT2D eigenvalue weighted by atomic mass is 32.1. The van der Waals surface area contributed by atoms with E-state index in [1.807, 2.05) is 32.0 Å². The normalized spacial score (nSPS) is 7.95. The zero-order chi connectivity index (χ0) is 15.1. The third-order valence-electron chi connectivity index (χ3n) is 1.60. The van der Waals surface area contributed by atoms with Crippen LogP contribution < -0.4 is 10.6 Å². The average molecular weight is 302 g/mol. The lowest BCUT2D eigenvalue weighted by atomic mass is 10.2. The Balaban J connectivity index is 0. The number of aliphatic hydroxyl groups is 2. The van der Waals surface area contributed by atoms with Crippen molar-refractivity contribution in [3.8, 4) is 0 Å². The molecule has 1 rings (SSSR count). The number of thiocarbonyl (C=S) groups is 2. The fraction of sp³-hybridized carbons (Fsp3) is 0.385. The summed E-state index contributed by atoms with van der Waals surface area (Å²) in [5, 5.41) is 21.1. The van der Waals surface area contributed by atoms with Gasteiger partial charge in [-0.3, -0.25) is 0 Å². The van der Waals surface area contributed by atoms with Crippen LogP contribution in [-0.4, -0.2) is 33.7 Å². The first-order chi connectivity index (χ1) is 8.93. The zero-order valence-corrected chi connectivity index (χ0v) is 13.1. The van der Waals surface area contributed by atoms with Crippen LogP contribution in [0.2, 0.25) is 0 Å². The molecular weight excluding hydrogens is 280 g/mol. The lowest BCUT2D eigenvalue weighted by Gasteiger charge is -1.91. The van der Waals surface area contributed by atoms with E-state index in [9.17, 15) is 0 Å². The molecule has 4 nitrogen and oxygen atoms in total. The van der Waals surface area contributed by atoms with Crippen LogP contribution in [-0.2, 0) is 0 Å². The van der Waals surface area contributed by atoms with E-state index in [1.165, 1.54) is 5.56 Å². The molecule has 0 atom stereocenters. The molecule has 0 aromatic heterocycles. The third-order valence-corrected chi connectivity index (χ3v) is 1.89. The molecule has 19 heavy (non-hydrogen) atoms. The predicted molar refractivity (Wildman–Crippen MR) is 89.0 cm³/mol. The first-order valence-corrected chi connectivity index (χ1v) is 6.70. The quantitative estimate of drug-likeness (QED) is 0.630. The molecule has 0 aliphatic rings. The molecule has 108 valence electrons. The monoisotopic (exact) mass is 302 g/mol. The van der Waals surface area contributed by atoms with Gasteiger partial charge in [-0.05, 0) is 45.2 Å². The fourth-order valence-electron chi connectivity index (χ4n) is 0.837. The number of rotatable bonds is 2. The van der Waals surface area contributed by atoms with Gasteiger partial charge < -0.3 is 20.8 Å². The fourth-order valence-corrected chi connectivity index (χ4v) is 1.13. The van der Waals surface area contributed by atoms with Gasteiger partial charge in [0.15, 0.2) is 0 Å². The number of nitrogens with one attached hydrogen (secondary N) is 2. The second-order valence-electron chi connectivity index (χ2n) is 3.33. The van der Waals surface area contributed by atoms with Gasteiger partial charge in [-0.2, -0.15) is 0 Å². The molecule has 0 heterocycles. The first-order valence-electron chi connectivity index (χ1n) is 5.89. The van der Waals surface area contributed by atoms with E-state index in [0.717, 1.165) is 0 Å². The van der Waals surface area contributed by atoms with Gasteiger partial charge in [0, 0.05) is 13.1 Å². The van der Waals surface area contributed by atoms with Crippen molar-refractivity contribution in [1.82, 2.24) is 10.6 Å². The average Bonchev–Trinajstić information content (AvgIpc) is 2.31. The van der Waals surface area contributed by atoms with Gasteiger partial charge in [0.1, 0.15) is 0 Å². The number of hydrogen-bond acceptors (Lipinski definition) is 2. The minimum Gasteiger partial charge on any atom is -0.487 e. The molecule has 0 bridgehead atoms. The SMILES string of the molecule is CCNC(O)=S.CCNC(O)=S.Cc1ccccc1. The van der Waals surface area contributed by atoms with Gasteiger partial charge in [0.25, 0.3) is 10.3 Å². The van der Waals surface area contributed by atoms with Gasteiger partial charge in [0.05, 0.1) is 0 Å². The second-order valence-corrected chi connectivity index (χ2v) is 4.10. The number of aliphatic hydroxyl groups excluding tert-OH is 2. The van der Waals surface area contributed by atoms with E-state index in [-0.39, 0.29) is 10.3 Å². The molecule has 0 aliphatic carbocycles. The summed E-state index contributed by atoms with van der Waals surface area (Å²) in [6.45, 7) is 7.19. The lowest BCUT2D eigenvalue weighted by Crippen LogP contribution is -2.18. The predicted octanol–water partition coefficient (Wildman–Crippen LogP) is 2.87. The summed E-state index contributed by atoms with van der Waals surface area (Å²) in [7, 11) is 0. The Morgan fingerprint density at radius 3 is 1.42 bits per heavy atom. The van der Waals surface area contributed by atoms with Crippen LogP contribution in [0.25, 0.3) is 0 Å². The Morgan fingerprint density at radius 1 is 0.947 bits per heavy atom. The molecule has 1 aromatic carbocycles. The third kappa shape index (κ3) is 22.3. The Bertz CT molecular complexity index is 330. The van der Waals surface area contributed by atoms with Crippen molar-refractivity contribution < 1.29 is 10.2 Å². The number of benzene rings is 1. The highest BCUT2D eigenvalue weighted by molar-refractivity contribution is 7.80. The van der Waals surface area contributed by atoms with Crippen LogP contribution in [0.4, 0.5) is 0 Å². The summed E-state index contributed by atoms with van der Waals surface area (Å²) in [5.74, 6) is 0. The van der Waals surface area contributed by atoms with Crippen molar-refractivity contribution in [2.75, 3.05) is 13.1 Å². The van der Waals surface area contributed by atoms with E-state index in [1.54, 1.807) is 0 Å². The van der Waals surface area contributed by atoms with Crippen LogP contribution in [0.1, 0.15) is 19.4 Å². The van der Waals surface area contributed by atoms with Crippen molar-refractivity contribution in [3.05, 3.63) is 35.9 Å². The molecule has 0 saturated heterocycles. The maximum atomic E-state index is 8.17. The molecular formula is C13H22N2O2S2. The number of aryl methyl sites for hydroxylation is 1. The number of hydrogen-bond donors (Lipinski definition) is 4. The molecule has 6 heteroatoms. The molecule has 4 N–H and O–H groups in total. The van der Waals surface area contributed by atoms with Crippen molar-refractivity contribution in [2.45, 2.75) is 20.8 Å². The van der Waals surface area contributed by atoms with Crippen LogP contribution in [0.3, 0.4) is 0 Å². The van der Waals surface area contributed by atoms with Crippen LogP contribution in [0.5, 0.6) is 0 Å². The summed E-state index contributed by atoms with van der Waals surface area (Å²) in [4.78, 5) is 0. The van der Waals surface area contributed by atoms with Gasteiger partial charge in [0.2, 0.25) is 0 Å². The van der Waals surface area contributed by atoms with E-state index >= 15 is 0 Å².